The van der Waals surface area contributed by atoms with Gasteiger partial charge in [-0.15, -0.1) is 0 Å². The molecule has 0 unspecified atom stereocenters. The lowest BCUT2D eigenvalue weighted by Crippen LogP contribution is -2.30. The number of halogens is 2. The number of benzene rings is 2. The van der Waals surface area contributed by atoms with Crippen LogP contribution in [0, 0.1) is 10.1 Å². The third kappa shape index (κ3) is 5.65. The summed E-state index contributed by atoms with van der Waals surface area (Å²) in [4.78, 5) is 49.1. The number of amides is 3. The largest absolute Gasteiger partial charge is 0.481 e. The molecule has 190 valence electrons. The van der Waals surface area contributed by atoms with Gasteiger partial charge in [0.1, 0.15) is 18.1 Å². The molecule has 3 aromatic rings. The van der Waals surface area contributed by atoms with E-state index in [0.29, 0.717) is 15.1 Å². The Labute approximate surface area is 222 Å². The number of carbonyl (C=O) groups excluding carboxylic acids is 3. The third-order valence-electron chi connectivity index (χ3n) is 5.21. The van der Waals surface area contributed by atoms with E-state index in [4.69, 9.17) is 20.8 Å². The monoisotopic (exact) mass is 589 g/mol. The number of methoxy groups -OCH3 is 1. The molecule has 11 nitrogen and oxygen atoms in total. The van der Waals surface area contributed by atoms with Crippen molar-refractivity contribution in [1.82, 2.24) is 10.2 Å². The number of furan rings is 1. The van der Waals surface area contributed by atoms with Crippen molar-refractivity contribution in [3.8, 4) is 5.75 Å². The van der Waals surface area contributed by atoms with Gasteiger partial charge in [-0.2, -0.15) is 0 Å². The standard InChI is InChI=1S/C24H17BrClN3O8/c1-35-23(31)20-7-6-16(37-20)11-28-22(30)18(27-24(28)32)9-14-8-15(25)10-19(29(33)34)21(14)36-12-13-4-2-3-5-17(13)26/h2-10H,11-12H2,1H3,(H,27,32)/b18-9-. The summed E-state index contributed by atoms with van der Waals surface area (Å²) < 4.78 is 16.1. The Balaban J connectivity index is 1.64. The molecule has 1 fully saturated rings. The van der Waals surface area contributed by atoms with Gasteiger partial charge >= 0.3 is 17.7 Å². The fourth-order valence-corrected chi connectivity index (χ4v) is 4.12. The number of urea groups is 1. The first-order valence-electron chi connectivity index (χ1n) is 10.5. The lowest BCUT2D eigenvalue weighted by Gasteiger charge is -2.12. The van der Waals surface area contributed by atoms with E-state index in [1.54, 1.807) is 24.3 Å². The highest BCUT2D eigenvalue weighted by molar-refractivity contribution is 9.10. The maximum atomic E-state index is 13.0. The Hall–Kier alpha value is -4.16. The van der Waals surface area contributed by atoms with Gasteiger partial charge in [0.25, 0.3) is 5.91 Å². The van der Waals surface area contributed by atoms with Crippen molar-refractivity contribution in [1.29, 1.82) is 0 Å². The number of carbonyl (C=O) groups is 3. The molecular formula is C24H17BrClN3O8. The summed E-state index contributed by atoms with van der Waals surface area (Å²) in [5, 5.41) is 14.6. The van der Waals surface area contributed by atoms with E-state index in [0.717, 1.165) is 4.90 Å². The van der Waals surface area contributed by atoms with E-state index in [9.17, 15) is 24.5 Å². The van der Waals surface area contributed by atoms with Crippen LogP contribution in [0.5, 0.6) is 5.75 Å². The first-order valence-corrected chi connectivity index (χ1v) is 11.7. The summed E-state index contributed by atoms with van der Waals surface area (Å²) in [6.45, 7) is -0.334. The van der Waals surface area contributed by atoms with E-state index in [2.05, 4.69) is 26.0 Å². The lowest BCUT2D eigenvalue weighted by molar-refractivity contribution is -0.386. The Kier molecular flexibility index (Phi) is 7.60. The molecule has 13 heteroatoms. The minimum Gasteiger partial charge on any atom is -0.481 e. The molecule has 2 heterocycles. The lowest BCUT2D eigenvalue weighted by atomic mass is 10.1. The quantitative estimate of drug-likeness (QED) is 0.126. The number of imide groups is 1. The fraction of sp³-hybridized carbons (Fsp3) is 0.125. The number of nitro benzene ring substituents is 1. The molecule has 0 radical (unpaired) electrons. The number of nitrogens with one attached hydrogen (secondary N) is 1. The SMILES string of the molecule is COC(=O)c1ccc(CN2C(=O)N/C(=C\c3cc(Br)cc([N+](=O)[O-])c3OCc3ccccc3Cl)C2=O)o1. The molecule has 1 aliphatic rings. The molecular weight excluding hydrogens is 574 g/mol. The highest BCUT2D eigenvalue weighted by Crippen LogP contribution is 2.37. The number of hydrogen-bond donors (Lipinski definition) is 1. The average molecular weight is 591 g/mol. The Morgan fingerprint density at radius 2 is 2.00 bits per heavy atom. The van der Waals surface area contributed by atoms with E-state index in [1.165, 1.54) is 37.5 Å². The highest BCUT2D eigenvalue weighted by Gasteiger charge is 2.35. The van der Waals surface area contributed by atoms with Crippen LogP contribution in [-0.2, 0) is 22.7 Å². The predicted molar refractivity (Wildman–Crippen MR) is 134 cm³/mol. The van der Waals surface area contributed by atoms with Crippen LogP contribution in [0.1, 0.15) is 27.4 Å². The van der Waals surface area contributed by atoms with Crippen molar-refractivity contribution in [2.75, 3.05) is 7.11 Å². The van der Waals surface area contributed by atoms with Crippen molar-refractivity contribution in [3.05, 3.63) is 96.5 Å². The Morgan fingerprint density at radius 3 is 2.70 bits per heavy atom. The number of esters is 1. The van der Waals surface area contributed by atoms with Crippen molar-refractivity contribution >= 4 is 57.2 Å². The number of nitro groups is 1. The van der Waals surface area contributed by atoms with Gasteiger partial charge in [-0.25, -0.2) is 9.59 Å². The Bertz CT molecular complexity index is 1450. The molecule has 4 rings (SSSR count). The molecule has 0 bridgehead atoms. The normalized spacial score (nSPS) is 14.1. The zero-order chi connectivity index (χ0) is 26.7. The summed E-state index contributed by atoms with van der Waals surface area (Å²) in [6, 6.07) is 11.7. The summed E-state index contributed by atoms with van der Waals surface area (Å²) >= 11 is 9.41. The van der Waals surface area contributed by atoms with Crippen LogP contribution in [0.15, 0.2) is 63.1 Å². The molecule has 1 saturated heterocycles. The van der Waals surface area contributed by atoms with Gasteiger partial charge in [0.2, 0.25) is 11.5 Å². The van der Waals surface area contributed by atoms with Crippen molar-refractivity contribution < 1.29 is 33.2 Å². The van der Waals surface area contributed by atoms with Crippen molar-refractivity contribution in [2.24, 2.45) is 0 Å². The number of ether oxygens (including phenoxy) is 2. The van der Waals surface area contributed by atoms with Crippen LogP contribution in [0.4, 0.5) is 10.5 Å². The van der Waals surface area contributed by atoms with Gasteiger partial charge in [0, 0.05) is 26.7 Å². The average Bonchev–Trinajstić information content (AvgIpc) is 3.44. The van der Waals surface area contributed by atoms with Gasteiger partial charge in [0.05, 0.1) is 18.6 Å². The third-order valence-corrected chi connectivity index (χ3v) is 6.04. The molecule has 3 amide bonds. The molecule has 0 aliphatic carbocycles. The summed E-state index contributed by atoms with van der Waals surface area (Å²) in [5.74, 6) is -1.44. The van der Waals surface area contributed by atoms with E-state index >= 15 is 0 Å². The highest BCUT2D eigenvalue weighted by atomic mass is 79.9. The maximum absolute atomic E-state index is 13.0. The molecule has 2 aromatic carbocycles. The molecule has 1 aromatic heterocycles. The second kappa shape index (κ2) is 10.8. The fourth-order valence-electron chi connectivity index (χ4n) is 3.47. The number of rotatable bonds is 8. The zero-order valence-electron chi connectivity index (χ0n) is 19.0. The van der Waals surface area contributed by atoms with E-state index in [1.807, 2.05) is 0 Å². The molecule has 1 aliphatic heterocycles. The van der Waals surface area contributed by atoms with Gasteiger partial charge in [-0.3, -0.25) is 19.8 Å². The second-order valence-corrected chi connectivity index (χ2v) is 8.94. The topological polar surface area (TPSA) is 141 Å². The van der Waals surface area contributed by atoms with Crippen LogP contribution < -0.4 is 10.1 Å². The van der Waals surface area contributed by atoms with Gasteiger partial charge in [0.15, 0.2) is 0 Å². The van der Waals surface area contributed by atoms with Crippen molar-refractivity contribution in [2.45, 2.75) is 13.2 Å². The van der Waals surface area contributed by atoms with E-state index in [-0.39, 0.29) is 47.4 Å². The first kappa shape index (κ1) is 25.9. The maximum Gasteiger partial charge on any atom is 0.373 e. The molecule has 0 saturated carbocycles. The molecule has 1 N–H and O–H groups in total. The summed E-state index contributed by atoms with van der Waals surface area (Å²) in [7, 11) is 1.19. The smallest absolute Gasteiger partial charge is 0.373 e. The molecule has 0 atom stereocenters. The van der Waals surface area contributed by atoms with E-state index < -0.39 is 22.8 Å². The number of nitrogens with zero attached hydrogens (tertiary/aromatic N) is 2. The first-order chi connectivity index (χ1) is 17.7. The Morgan fingerprint density at radius 1 is 1.24 bits per heavy atom. The van der Waals surface area contributed by atoms with Crippen LogP contribution >= 0.6 is 27.5 Å². The molecule has 0 spiro atoms. The summed E-state index contributed by atoms with van der Waals surface area (Å²) in [5.41, 5.74) is 0.276. The van der Waals surface area contributed by atoms with Crippen LogP contribution in [0.3, 0.4) is 0 Å². The predicted octanol–water partition coefficient (Wildman–Crippen LogP) is 5.06. The second-order valence-electron chi connectivity index (χ2n) is 7.62. The molecule has 37 heavy (non-hydrogen) atoms. The van der Waals surface area contributed by atoms with Crippen LogP contribution in [-0.4, -0.2) is 34.8 Å². The van der Waals surface area contributed by atoms with Gasteiger partial charge in [-0.05, 0) is 30.3 Å². The van der Waals surface area contributed by atoms with Crippen LogP contribution in [0.2, 0.25) is 5.02 Å². The number of hydrogen-bond acceptors (Lipinski definition) is 8. The minimum absolute atomic E-state index is 0.0776. The van der Waals surface area contributed by atoms with Crippen molar-refractivity contribution in [3.63, 3.8) is 0 Å². The van der Waals surface area contributed by atoms with Gasteiger partial charge < -0.3 is 19.2 Å². The van der Waals surface area contributed by atoms with Crippen LogP contribution in [0.25, 0.3) is 6.08 Å². The minimum atomic E-state index is -0.740. The summed E-state index contributed by atoms with van der Waals surface area (Å²) in [6.07, 6.45) is 1.28. The zero-order valence-corrected chi connectivity index (χ0v) is 21.4. The van der Waals surface area contributed by atoms with Gasteiger partial charge in [-0.1, -0.05) is 45.7 Å².